The van der Waals surface area contributed by atoms with Crippen LogP contribution in [0.2, 0.25) is 0 Å². The third kappa shape index (κ3) is 3.53. The third-order valence-corrected chi connectivity index (χ3v) is 6.20. The zero-order valence-corrected chi connectivity index (χ0v) is 17.4. The Morgan fingerprint density at radius 3 is 2.83 bits per heavy atom. The lowest BCUT2D eigenvalue weighted by atomic mass is 9.93. The highest BCUT2D eigenvalue weighted by Crippen LogP contribution is 2.30. The van der Waals surface area contributed by atoms with Crippen LogP contribution in [0, 0.1) is 13.8 Å². The van der Waals surface area contributed by atoms with Gasteiger partial charge >= 0.3 is 5.97 Å². The maximum absolute atomic E-state index is 11.8. The number of imidazole rings is 1. The van der Waals surface area contributed by atoms with Crippen LogP contribution < -0.4 is 5.32 Å². The number of aryl methyl sites for hydroxylation is 1. The normalized spacial score (nSPS) is 19.0. The van der Waals surface area contributed by atoms with Crippen molar-refractivity contribution in [2.45, 2.75) is 33.0 Å². The van der Waals surface area contributed by atoms with E-state index in [0.29, 0.717) is 12.2 Å². The monoisotopic (exact) mass is 402 g/mol. The van der Waals surface area contributed by atoms with E-state index in [4.69, 9.17) is 4.74 Å². The average Bonchev–Trinajstić information content (AvgIpc) is 3.36. The molecule has 1 N–H and O–H groups in total. The van der Waals surface area contributed by atoms with Crippen LogP contribution >= 0.6 is 0 Å². The van der Waals surface area contributed by atoms with Gasteiger partial charge in [0.25, 0.3) is 0 Å². The number of cyclic esters (lactones) is 1. The molecule has 1 aromatic heterocycles. The number of hydrogen-bond acceptors (Lipinski definition) is 5. The van der Waals surface area contributed by atoms with Gasteiger partial charge in [0.05, 0.1) is 17.6 Å². The molecule has 0 radical (unpaired) electrons. The number of ether oxygens (including phenoxy) is 1. The molecule has 1 fully saturated rings. The number of carbonyl (C=O) groups is 1. The van der Waals surface area contributed by atoms with Gasteiger partial charge < -0.3 is 14.6 Å². The smallest absolute Gasteiger partial charge is 0.338 e. The van der Waals surface area contributed by atoms with Crippen molar-refractivity contribution in [1.29, 1.82) is 0 Å². The van der Waals surface area contributed by atoms with Crippen molar-refractivity contribution in [3.63, 3.8) is 0 Å². The van der Waals surface area contributed by atoms with Crippen LogP contribution in [-0.2, 0) is 17.9 Å². The fourth-order valence-electron chi connectivity index (χ4n) is 4.44. The summed E-state index contributed by atoms with van der Waals surface area (Å²) < 4.78 is 7.29. The topological polar surface area (TPSA) is 59.4 Å². The molecule has 3 aromatic rings. The number of hydrogen-bond donors (Lipinski definition) is 1. The number of nitrogens with one attached hydrogen (secondary N) is 1. The molecule has 0 bridgehead atoms. The number of nitrogens with zero attached hydrogens (tertiary/aromatic N) is 3. The maximum atomic E-state index is 11.8. The summed E-state index contributed by atoms with van der Waals surface area (Å²) in [5.41, 5.74) is 7.62. The second-order valence-electron chi connectivity index (χ2n) is 8.23. The van der Waals surface area contributed by atoms with Crippen LogP contribution in [0.5, 0.6) is 0 Å². The lowest BCUT2D eigenvalue weighted by Crippen LogP contribution is -2.45. The molecule has 0 aliphatic carbocycles. The highest BCUT2D eigenvalue weighted by Gasteiger charge is 2.28. The van der Waals surface area contributed by atoms with Crippen LogP contribution in [0.1, 0.15) is 44.3 Å². The predicted molar refractivity (Wildman–Crippen MR) is 115 cm³/mol. The second kappa shape index (κ2) is 7.70. The molecule has 6 heteroatoms. The third-order valence-electron chi connectivity index (χ3n) is 6.20. The van der Waals surface area contributed by atoms with Gasteiger partial charge in [0.15, 0.2) is 0 Å². The highest BCUT2D eigenvalue weighted by atomic mass is 16.5. The summed E-state index contributed by atoms with van der Waals surface area (Å²) in [7, 11) is 0. The molecular weight excluding hydrogens is 376 g/mol. The van der Waals surface area contributed by atoms with Crippen molar-refractivity contribution in [3.05, 3.63) is 82.4 Å². The largest absolute Gasteiger partial charge is 0.457 e. The van der Waals surface area contributed by atoms with E-state index in [0.717, 1.165) is 43.1 Å². The molecule has 0 spiro atoms. The molecule has 6 nitrogen and oxygen atoms in total. The first-order chi connectivity index (χ1) is 14.6. The van der Waals surface area contributed by atoms with E-state index in [1.165, 1.54) is 16.7 Å². The van der Waals surface area contributed by atoms with Crippen molar-refractivity contribution < 1.29 is 9.53 Å². The van der Waals surface area contributed by atoms with E-state index in [1.807, 2.05) is 12.4 Å². The van der Waals surface area contributed by atoms with Gasteiger partial charge in [-0.05, 0) is 43.2 Å². The van der Waals surface area contributed by atoms with Crippen LogP contribution in [-0.4, -0.2) is 40.1 Å². The summed E-state index contributed by atoms with van der Waals surface area (Å²) in [6, 6.07) is 12.7. The Bertz CT molecular complexity index is 1090. The summed E-state index contributed by atoms with van der Waals surface area (Å²) in [6.07, 6.45) is 4.01. The maximum Gasteiger partial charge on any atom is 0.338 e. The van der Waals surface area contributed by atoms with Crippen LogP contribution in [0.3, 0.4) is 0 Å². The van der Waals surface area contributed by atoms with Crippen LogP contribution in [0.4, 0.5) is 0 Å². The van der Waals surface area contributed by atoms with Crippen molar-refractivity contribution >= 4 is 5.97 Å². The summed E-state index contributed by atoms with van der Waals surface area (Å²) in [5, 5.41) is 3.64. The van der Waals surface area contributed by atoms with Crippen molar-refractivity contribution in [2.24, 2.45) is 0 Å². The first-order valence-electron chi connectivity index (χ1n) is 10.4. The molecule has 154 valence electrons. The average molecular weight is 402 g/mol. The summed E-state index contributed by atoms with van der Waals surface area (Å²) in [4.78, 5) is 18.9. The standard InChI is InChI=1S/C24H26N4O2/c1-16-3-5-19(6-4-16)28-12-18(26-15-28)11-27-10-9-25-23(13-27)20-7-8-21-22(17(20)2)14-30-24(21)29/h3-8,12,15,23,25H,9-11,13-14H2,1-2H3/t23-/m0/s1. The second-order valence-corrected chi connectivity index (χ2v) is 8.23. The molecule has 2 aliphatic rings. The van der Waals surface area contributed by atoms with Gasteiger partial charge in [0.1, 0.15) is 6.61 Å². The molecule has 0 amide bonds. The van der Waals surface area contributed by atoms with E-state index < -0.39 is 0 Å². The first-order valence-corrected chi connectivity index (χ1v) is 10.4. The minimum Gasteiger partial charge on any atom is -0.457 e. The minimum absolute atomic E-state index is 0.206. The van der Waals surface area contributed by atoms with Crippen molar-refractivity contribution in [2.75, 3.05) is 19.6 Å². The number of fused-ring (bicyclic) bond motifs is 1. The number of piperazine rings is 1. The fourth-order valence-corrected chi connectivity index (χ4v) is 4.44. The van der Waals surface area contributed by atoms with E-state index in [2.05, 4.69) is 70.1 Å². The fraction of sp³-hybridized carbons (Fsp3) is 0.333. The Kier molecular flexibility index (Phi) is 4.89. The number of carbonyl (C=O) groups excluding carboxylic acids is 1. The van der Waals surface area contributed by atoms with E-state index in [-0.39, 0.29) is 12.0 Å². The van der Waals surface area contributed by atoms with Crippen LogP contribution in [0.25, 0.3) is 5.69 Å². The first kappa shape index (κ1) is 19.0. The molecule has 3 heterocycles. The van der Waals surface area contributed by atoms with Gasteiger partial charge in [-0.1, -0.05) is 23.8 Å². The zero-order chi connectivity index (χ0) is 20.7. The molecule has 5 rings (SSSR count). The quantitative estimate of drug-likeness (QED) is 0.679. The number of rotatable bonds is 4. The van der Waals surface area contributed by atoms with Gasteiger partial charge in [-0.25, -0.2) is 9.78 Å². The number of esters is 1. The lowest BCUT2D eigenvalue weighted by molar-refractivity contribution is 0.0535. The Hall–Kier alpha value is -2.96. The molecular formula is C24H26N4O2. The number of benzene rings is 2. The van der Waals surface area contributed by atoms with Gasteiger partial charge in [0, 0.05) is 49.7 Å². The van der Waals surface area contributed by atoms with Gasteiger partial charge in [-0.2, -0.15) is 0 Å². The van der Waals surface area contributed by atoms with Crippen molar-refractivity contribution in [1.82, 2.24) is 19.8 Å². The Morgan fingerprint density at radius 2 is 2.00 bits per heavy atom. The Morgan fingerprint density at radius 1 is 1.17 bits per heavy atom. The van der Waals surface area contributed by atoms with Gasteiger partial charge in [0.2, 0.25) is 0 Å². The lowest BCUT2D eigenvalue weighted by Gasteiger charge is -2.34. The van der Waals surface area contributed by atoms with Crippen molar-refractivity contribution in [3.8, 4) is 5.69 Å². The Labute approximate surface area is 176 Å². The molecule has 0 saturated carbocycles. The minimum atomic E-state index is -0.206. The molecule has 30 heavy (non-hydrogen) atoms. The summed E-state index contributed by atoms with van der Waals surface area (Å²) >= 11 is 0. The number of aromatic nitrogens is 2. The Balaban J connectivity index is 1.30. The molecule has 1 atom stereocenters. The summed E-state index contributed by atoms with van der Waals surface area (Å²) in [6.45, 7) is 8.22. The molecule has 0 unspecified atom stereocenters. The SMILES string of the molecule is Cc1ccc(-n2cnc(CN3CCN[C@H](c4ccc5c(c4C)COC5=O)C3)c2)cc1. The predicted octanol–water partition coefficient (Wildman–Crippen LogP) is 3.31. The molecule has 1 saturated heterocycles. The van der Waals surface area contributed by atoms with Gasteiger partial charge in [-0.3, -0.25) is 4.90 Å². The van der Waals surface area contributed by atoms with E-state index >= 15 is 0 Å². The molecule has 2 aromatic carbocycles. The zero-order valence-electron chi connectivity index (χ0n) is 17.4. The van der Waals surface area contributed by atoms with E-state index in [9.17, 15) is 4.79 Å². The highest BCUT2D eigenvalue weighted by molar-refractivity contribution is 5.94. The molecule has 2 aliphatic heterocycles. The summed E-state index contributed by atoms with van der Waals surface area (Å²) in [5.74, 6) is -0.206. The van der Waals surface area contributed by atoms with E-state index in [1.54, 1.807) is 0 Å². The van der Waals surface area contributed by atoms with Gasteiger partial charge in [-0.15, -0.1) is 0 Å². The van der Waals surface area contributed by atoms with Crippen LogP contribution in [0.15, 0.2) is 48.9 Å².